The zero-order chi connectivity index (χ0) is 13.8. The highest BCUT2D eigenvalue weighted by molar-refractivity contribution is 7.87. The van der Waals surface area contributed by atoms with Crippen molar-refractivity contribution in [2.24, 2.45) is 11.7 Å². The summed E-state index contributed by atoms with van der Waals surface area (Å²) in [6.07, 6.45) is 0.690. The number of nitrogens with zero attached hydrogens (tertiary/aromatic N) is 1. The van der Waals surface area contributed by atoms with Gasteiger partial charge in [-0.2, -0.15) is 12.7 Å². The fraction of sp³-hybridized carbons (Fsp3) is 0.900. The molecule has 0 bridgehead atoms. The van der Waals surface area contributed by atoms with Crippen molar-refractivity contribution in [2.75, 3.05) is 26.2 Å². The Kier molecular flexibility index (Phi) is 5.51. The second-order valence-electron chi connectivity index (χ2n) is 4.91. The highest BCUT2D eigenvalue weighted by atomic mass is 32.2. The van der Waals surface area contributed by atoms with Gasteiger partial charge in [0.1, 0.15) is 0 Å². The van der Waals surface area contributed by atoms with E-state index in [4.69, 9.17) is 5.73 Å². The first-order valence-electron chi connectivity index (χ1n) is 6.08. The number of carbonyl (C=O) groups excluding carboxylic acids is 1. The number of amides is 1. The lowest BCUT2D eigenvalue weighted by Crippen LogP contribution is -2.51. The van der Waals surface area contributed by atoms with Gasteiger partial charge in [-0.05, 0) is 18.9 Å². The minimum atomic E-state index is -3.65. The minimum Gasteiger partial charge on any atom is -0.369 e. The summed E-state index contributed by atoms with van der Waals surface area (Å²) < 4.78 is 27.9. The van der Waals surface area contributed by atoms with Crippen LogP contribution in [-0.2, 0) is 15.0 Å². The molecule has 0 saturated carbocycles. The maximum Gasteiger partial charge on any atom is 0.280 e. The number of hydrogen-bond acceptors (Lipinski definition) is 4. The third-order valence-electron chi connectivity index (χ3n) is 2.74. The number of rotatable bonds is 7. The lowest BCUT2D eigenvalue weighted by molar-refractivity contribution is -0.118. The second-order valence-corrected chi connectivity index (χ2v) is 6.61. The third kappa shape index (κ3) is 4.52. The Morgan fingerprint density at radius 3 is 2.67 bits per heavy atom. The molecule has 0 aliphatic carbocycles. The van der Waals surface area contributed by atoms with Crippen molar-refractivity contribution in [3.05, 3.63) is 0 Å². The lowest BCUT2D eigenvalue weighted by atomic mass is 10.2. The molecule has 106 valence electrons. The molecule has 18 heavy (non-hydrogen) atoms. The molecule has 0 spiro atoms. The monoisotopic (exact) mass is 278 g/mol. The van der Waals surface area contributed by atoms with Gasteiger partial charge in [0.25, 0.3) is 10.2 Å². The fourth-order valence-corrected chi connectivity index (χ4v) is 3.38. The van der Waals surface area contributed by atoms with Crippen LogP contribution in [0.5, 0.6) is 0 Å². The molecule has 0 aromatic carbocycles. The molecular weight excluding hydrogens is 256 g/mol. The summed E-state index contributed by atoms with van der Waals surface area (Å²) in [5.41, 5.74) is 5.12. The Labute approximate surface area is 108 Å². The van der Waals surface area contributed by atoms with Gasteiger partial charge in [-0.25, -0.2) is 4.72 Å². The molecule has 1 aliphatic heterocycles. The van der Waals surface area contributed by atoms with Crippen molar-refractivity contribution in [3.63, 3.8) is 0 Å². The second kappa shape index (κ2) is 6.46. The number of hydrogen-bond donors (Lipinski definition) is 3. The maximum absolute atomic E-state index is 12.1. The molecule has 0 aromatic rings. The SMILES string of the molecule is CC(C)CNS(=O)(=O)N(CC(N)=O)C1CCNC1. The summed E-state index contributed by atoms with van der Waals surface area (Å²) >= 11 is 0. The molecule has 1 aliphatic rings. The molecule has 1 atom stereocenters. The summed E-state index contributed by atoms with van der Waals surface area (Å²) in [5.74, 6) is -0.436. The Balaban J connectivity index is 2.76. The van der Waals surface area contributed by atoms with Crippen LogP contribution in [0.1, 0.15) is 20.3 Å². The van der Waals surface area contributed by atoms with Crippen molar-refractivity contribution < 1.29 is 13.2 Å². The summed E-state index contributed by atoms with van der Waals surface area (Å²) in [5, 5.41) is 3.08. The van der Waals surface area contributed by atoms with Crippen molar-refractivity contribution in [3.8, 4) is 0 Å². The number of carbonyl (C=O) groups is 1. The number of nitrogens with one attached hydrogen (secondary N) is 2. The standard InChI is InChI=1S/C10H22N4O3S/c1-8(2)5-13-18(16,17)14(7-10(11)15)9-3-4-12-6-9/h8-9,12-13H,3-7H2,1-2H3,(H2,11,15). The smallest absolute Gasteiger partial charge is 0.280 e. The predicted molar refractivity (Wildman–Crippen MR) is 68.9 cm³/mol. The molecular formula is C10H22N4O3S. The van der Waals surface area contributed by atoms with Crippen molar-refractivity contribution in [1.29, 1.82) is 0 Å². The van der Waals surface area contributed by atoms with E-state index in [-0.39, 0.29) is 18.5 Å². The van der Waals surface area contributed by atoms with Crippen LogP contribution in [0, 0.1) is 5.92 Å². The van der Waals surface area contributed by atoms with Crippen molar-refractivity contribution in [2.45, 2.75) is 26.3 Å². The van der Waals surface area contributed by atoms with Crippen LogP contribution in [0.25, 0.3) is 0 Å². The topological polar surface area (TPSA) is 105 Å². The van der Waals surface area contributed by atoms with Gasteiger partial charge in [-0.15, -0.1) is 0 Å². The molecule has 1 saturated heterocycles. The van der Waals surface area contributed by atoms with E-state index in [2.05, 4.69) is 10.0 Å². The predicted octanol–water partition coefficient (Wildman–Crippen LogP) is -1.37. The zero-order valence-corrected chi connectivity index (χ0v) is 11.7. The van der Waals surface area contributed by atoms with Gasteiger partial charge < -0.3 is 11.1 Å². The molecule has 7 nitrogen and oxygen atoms in total. The van der Waals surface area contributed by atoms with E-state index in [0.29, 0.717) is 19.5 Å². The summed E-state index contributed by atoms with van der Waals surface area (Å²) in [7, 11) is -3.65. The van der Waals surface area contributed by atoms with Crippen molar-refractivity contribution in [1.82, 2.24) is 14.3 Å². The van der Waals surface area contributed by atoms with Crippen LogP contribution in [0.15, 0.2) is 0 Å². The molecule has 4 N–H and O–H groups in total. The minimum absolute atomic E-state index is 0.205. The normalized spacial score (nSPS) is 20.8. The summed E-state index contributed by atoms with van der Waals surface area (Å²) in [6, 6.07) is -0.206. The number of primary amides is 1. The number of nitrogens with two attached hydrogens (primary N) is 1. The van der Waals surface area contributed by atoms with E-state index in [1.165, 1.54) is 0 Å². The quantitative estimate of drug-likeness (QED) is 0.534. The first-order valence-corrected chi connectivity index (χ1v) is 7.52. The first kappa shape index (κ1) is 15.4. The van der Waals surface area contributed by atoms with Crippen LogP contribution < -0.4 is 15.8 Å². The highest BCUT2D eigenvalue weighted by Crippen LogP contribution is 2.12. The van der Waals surface area contributed by atoms with Crippen LogP contribution in [0.2, 0.25) is 0 Å². The lowest BCUT2D eigenvalue weighted by Gasteiger charge is -2.26. The fourth-order valence-electron chi connectivity index (χ4n) is 1.80. The van der Waals surface area contributed by atoms with Crippen LogP contribution in [0.3, 0.4) is 0 Å². The van der Waals surface area contributed by atoms with E-state index in [1.54, 1.807) is 0 Å². The van der Waals surface area contributed by atoms with Gasteiger partial charge in [0.2, 0.25) is 5.91 Å². The average Bonchev–Trinajstić information content (AvgIpc) is 2.76. The Hall–Kier alpha value is -0.700. The summed E-state index contributed by atoms with van der Waals surface area (Å²) in [6.45, 7) is 5.20. The van der Waals surface area contributed by atoms with E-state index in [9.17, 15) is 13.2 Å². The largest absolute Gasteiger partial charge is 0.369 e. The molecule has 1 rings (SSSR count). The summed E-state index contributed by atoms with van der Waals surface area (Å²) in [4.78, 5) is 11.0. The zero-order valence-electron chi connectivity index (χ0n) is 10.8. The Bertz CT molecular complexity index is 377. The van der Waals surface area contributed by atoms with Gasteiger partial charge in [-0.3, -0.25) is 4.79 Å². The molecule has 8 heteroatoms. The van der Waals surface area contributed by atoms with E-state index in [0.717, 1.165) is 10.8 Å². The Morgan fingerprint density at radius 1 is 1.56 bits per heavy atom. The molecule has 0 radical (unpaired) electrons. The molecule has 1 heterocycles. The molecule has 0 aromatic heterocycles. The van der Waals surface area contributed by atoms with E-state index < -0.39 is 16.1 Å². The Morgan fingerprint density at radius 2 is 2.22 bits per heavy atom. The average molecular weight is 278 g/mol. The molecule has 1 amide bonds. The van der Waals surface area contributed by atoms with Crippen molar-refractivity contribution >= 4 is 16.1 Å². The first-order chi connectivity index (χ1) is 8.33. The van der Waals surface area contributed by atoms with Crippen LogP contribution >= 0.6 is 0 Å². The third-order valence-corrected chi connectivity index (χ3v) is 4.31. The van der Waals surface area contributed by atoms with E-state index in [1.807, 2.05) is 13.8 Å². The van der Waals surface area contributed by atoms with Crippen LogP contribution in [0.4, 0.5) is 0 Å². The van der Waals surface area contributed by atoms with E-state index >= 15 is 0 Å². The van der Waals surface area contributed by atoms with Crippen LogP contribution in [-0.4, -0.2) is 50.9 Å². The van der Waals surface area contributed by atoms with Gasteiger partial charge in [-0.1, -0.05) is 13.8 Å². The van der Waals surface area contributed by atoms with Gasteiger partial charge in [0.05, 0.1) is 6.54 Å². The van der Waals surface area contributed by atoms with Gasteiger partial charge in [0, 0.05) is 19.1 Å². The van der Waals surface area contributed by atoms with Gasteiger partial charge in [0.15, 0.2) is 0 Å². The molecule has 1 unspecified atom stereocenters. The maximum atomic E-state index is 12.1. The molecule has 1 fully saturated rings. The van der Waals surface area contributed by atoms with Gasteiger partial charge >= 0.3 is 0 Å². The highest BCUT2D eigenvalue weighted by Gasteiger charge is 2.32.